The predicted octanol–water partition coefficient (Wildman–Crippen LogP) is 5.11. The van der Waals surface area contributed by atoms with Crippen molar-refractivity contribution in [3.63, 3.8) is 0 Å². The van der Waals surface area contributed by atoms with Crippen molar-refractivity contribution in [3.8, 4) is 0 Å². The van der Waals surface area contributed by atoms with Crippen molar-refractivity contribution in [3.05, 3.63) is 22.4 Å². The van der Waals surface area contributed by atoms with Gasteiger partial charge < -0.3 is 4.90 Å². The van der Waals surface area contributed by atoms with Gasteiger partial charge in [-0.2, -0.15) is 0 Å². The number of hydrogen-bond acceptors (Lipinski definition) is 3. The third-order valence-corrected chi connectivity index (χ3v) is 4.63. The topological polar surface area (TPSA) is 20.3 Å². The standard InChI is InChI=1S/C18H31NOS/c1-15(2)9-12-19(13-10-16(3)4)11-5-7-17(20)18-8-6-14-21-18/h6,8,14-16H,5,7,9-13H2,1-4H3. The van der Waals surface area contributed by atoms with Crippen LogP contribution in [0, 0.1) is 11.8 Å². The number of nitrogens with zero attached hydrogens (tertiary/aromatic N) is 1. The summed E-state index contributed by atoms with van der Waals surface area (Å²) in [7, 11) is 0. The molecular weight excluding hydrogens is 278 g/mol. The number of ketones is 1. The number of carbonyl (C=O) groups is 1. The summed E-state index contributed by atoms with van der Waals surface area (Å²) >= 11 is 1.56. The monoisotopic (exact) mass is 309 g/mol. The van der Waals surface area contributed by atoms with Gasteiger partial charge in [0.15, 0.2) is 5.78 Å². The molecule has 0 amide bonds. The van der Waals surface area contributed by atoms with Gasteiger partial charge in [0, 0.05) is 6.42 Å². The molecule has 0 radical (unpaired) electrons. The zero-order valence-electron chi connectivity index (χ0n) is 14.1. The molecule has 3 heteroatoms. The first-order chi connectivity index (χ1) is 9.99. The molecule has 2 nitrogen and oxygen atoms in total. The van der Waals surface area contributed by atoms with Crippen LogP contribution in [0.25, 0.3) is 0 Å². The second kappa shape index (κ2) is 10.1. The minimum atomic E-state index is 0.303. The first-order valence-electron chi connectivity index (χ1n) is 8.28. The van der Waals surface area contributed by atoms with Crippen molar-refractivity contribution in [2.75, 3.05) is 19.6 Å². The Hall–Kier alpha value is -0.670. The van der Waals surface area contributed by atoms with Crippen LogP contribution in [0.1, 0.15) is 63.0 Å². The molecule has 0 fully saturated rings. The molecule has 0 atom stereocenters. The Morgan fingerprint density at radius 2 is 1.71 bits per heavy atom. The van der Waals surface area contributed by atoms with E-state index in [4.69, 9.17) is 0 Å². The van der Waals surface area contributed by atoms with Crippen LogP contribution in [0.2, 0.25) is 0 Å². The Morgan fingerprint density at radius 3 is 2.19 bits per heavy atom. The third-order valence-electron chi connectivity index (χ3n) is 3.72. The molecule has 0 aliphatic heterocycles. The number of thiophene rings is 1. The Bertz CT molecular complexity index is 372. The van der Waals surface area contributed by atoms with Gasteiger partial charge in [0.25, 0.3) is 0 Å². The fourth-order valence-corrected chi connectivity index (χ4v) is 2.93. The summed E-state index contributed by atoms with van der Waals surface area (Å²) in [6.07, 6.45) is 4.15. The highest BCUT2D eigenvalue weighted by molar-refractivity contribution is 7.12. The van der Waals surface area contributed by atoms with Gasteiger partial charge in [-0.3, -0.25) is 4.79 Å². The van der Waals surface area contributed by atoms with Crippen LogP contribution >= 0.6 is 11.3 Å². The van der Waals surface area contributed by atoms with E-state index in [1.165, 1.54) is 12.8 Å². The first kappa shape index (κ1) is 18.4. The van der Waals surface area contributed by atoms with Gasteiger partial charge in [-0.05, 0) is 62.2 Å². The van der Waals surface area contributed by atoms with Crippen LogP contribution in [0.5, 0.6) is 0 Å². The lowest BCUT2D eigenvalue weighted by Crippen LogP contribution is -2.29. The summed E-state index contributed by atoms with van der Waals surface area (Å²) in [4.78, 5) is 15.5. The van der Waals surface area contributed by atoms with Crippen LogP contribution in [0.4, 0.5) is 0 Å². The highest BCUT2D eigenvalue weighted by Gasteiger charge is 2.10. The smallest absolute Gasteiger partial charge is 0.172 e. The zero-order valence-corrected chi connectivity index (χ0v) is 14.9. The highest BCUT2D eigenvalue weighted by atomic mass is 32.1. The van der Waals surface area contributed by atoms with Gasteiger partial charge >= 0.3 is 0 Å². The normalized spacial score (nSPS) is 11.8. The molecule has 0 aliphatic rings. The largest absolute Gasteiger partial charge is 0.303 e. The average molecular weight is 310 g/mol. The SMILES string of the molecule is CC(C)CCN(CCCC(=O)c1cccs1)CCC(C)C. The first-order valence-corrected chi connectivity index (χ1v) is 9.16. The molecule has 0 unspecified atom stereocenters. The molecule has 0 saturated heterocycles. The maximum Gasteiger partial charge on any atom is 0.172 e. The molecule has 0 aliphatic carbocycles. The van der Waals surface area contributed by atoms with E-state index >= 15 is 0 Å². The van der Waals surface area contributed by atoms with Crippen molar-refractivity contribution in [1.29, 1.82) is 0 Å². The van der Waals surface area contributed by atoms with Gasteiger partial charge in [-0.15, -0.1) is 11.3 Å². The molecular formula is C18H31NOS. The van der Waals surface area contributed by atoms with E-state index in [0.29, 0.717) is 12.2 Å². The Balaban J connectivity index is 2.31. The molecule has 1 aromatic heterocycles. The van der Waals surface area contributed by atoms with Crippen LogP contribution in [0.3, 0.4) is 0 Å². The number of carbonyl (C=O) groups excluding carboxylic acids is 1. The van der Waals surface area contributed by atoms with Gasteiger partial charge in [-0.1, -0.05) is 33.8 Å². The van der Waals surface area contributed by atoms with Crippen molar-refractivity contribution >= 4 is 17.1 Å². The molecule has 0 aromatic carbocycles. The lowest BCUT2D eigenvalue weighted by Gasteiger charge is -2.24. The number of Topliss-reactive ketones (excluding diaryl/α,β-unsaturated/α-hetero) is 1. The third kappa shape index (κ3) is 8.37. The molecule has 1 rings (SSSR count). The van der Waals surface area contributed by atoms with Crippen LogP contribution < -0.4 is 0 Å². The molecule has 1 aromatic rings. The van der Waals surface area contributed by atoms with Crippen molar-refractivity contribution in [1.82, 2.24) is 4.90 Å². The van der Waals surface area contributed by atoms with Gasteiger partial charge in [0.05, 0.1) is 4.88 Å². The second-order valence-corrected chi connectivity index (χ2v) is 7.66. The lowest BCUT2D eigenvalue weighted by molar-refractivity contribution is 0.0977. The molecule has 0 N–H and O–H groups in total. The van der Waals surface area contributed by atoms with Gasteiger partial charge in [0.2, 0.25) is 0 Å². The maximum absolute atomic E-state index is 12.0. The molecule has 21 heavy (non-hydrogen) atoms. The van der Waals surface area contributed by atoms with Crippen molar-refractivity contribution in [2.24, 2.45) is 11.8 Å². The fourth-order valence-electron chi connectivity index (χ4n) is 2.24. The second-order valence-electron chi connectivity index (χ2n) is 6.71. The number of rotatable bonds is 11. The Kier molecular flexibility index (Phi) is 8.86. The van der Waals surface area contributed by atoms with Gasteiger partial charge in [-0.25, -0.2) is 0 Å². The lowest BCUT2D eigenvalue weighted by atomic mass is 10.1. The van der Waals surface area contributed by atoms with Crippen LogP contribution in [-0.4, -0.2) is 30.3 Å². The van der Waals surface area contributed by atoms with Gasteiger partial charge in [0.1, 0.15) is 0 Å². The van der Waals surface area contributed by atoms with E-state index in [1.807, 2.05) is 17.5 Å². The van der Waals surface area contributed by atoms with Crippen molar-refractivity contribution in [2.45, 2.75) is 53.4 Å². The molecule has 120 valence electrons. The van der Waals surface area contributed by atoms with Crippen LogP contribution in [0.15, 0.2) is 17.5 Å². The number of hydrogen-bond donors (Lipinski definition) is 0. The minimum absolute atomic E-state index is 0.303. The summed E-state index contributed by atoms with van der Waals surface area (Å²) in [6, 6.07) is 3.89. The minimum Gasteiger partial charge on any atom is -0.303 e. The summed E-state index contributed by atoms with van der Waals surface area (Å²) in [6.45, 7) is 12.5. The van der Waals surface area contributed by atoms with E-state index in [-0.39, 0.29) is 0 Å². The molecule has 0 spiro atoms. The predicted molar refractivity (Wildman–Crippen MR) is 93.2 cm³/mol. The van der Waals surface area contributed by atoms with E-state index in [0.717, 1.165) is 42.8 Å². The summed E-state index contributed by atoms with van der Waals surface area (Å²) < 4.78 is 0. The molecule has 0 saturated carbocycles. The average Bonchev–Trinajstić information content (AvgIpc) is 2.94. The maximum atomic E-state index is 12.0. The quantitative estimate of drug-likeness (QED) is 0.530. The Labute approximate surface area is 134 Å². The van der Waals surface area contributed by atoms with E-state index in [2.05, 4.69) is 32.6 Å². The molecule has 1 heterocycles. The van der Waals surface area contributed by atoms with Crippen molar-refractivity contribution < 1.29 is 4.79 Å². The van der Waals surface area contributed by atoms with E-state index < -0.39 is 0 Å². The summed E-state index contributed by atoms with van der Waals surface area (Å²) in [5.41, 5.74) is 0. The summed E-state index contributed by atoms with van der Waals surface area (Å²) in [5, 5.41) is 1.98. The molecule has 0 bridgehead atoms. The van der Waals surface area contributed by atoms with Crippen LogP contribution in [-0.2, 0) is 0 Å². The highest BCUT2D eigenvalue weighted by Crippen LogP contribution is 2.13. The van der Waals surface area contributed by atoms with E-state index in [1.54, 1.807) is 11.3 Å². The fraction of sp³-hybridized carbons (Fsp3) is 0.722. The summed E-state index contributed by atoms with van der Waals surface area (Å²) in [5.74, 6) is 1.80. The zero-order chi connectivity index (χ0) is 15.7. The Morgan fingerprint density at radius 1 is 1.10 bits per heavy atom. The van der Waals surface area contributed by atoms with E-state index in [9.17, 15) is 4.79 Å².